The number of aromatic hydroxyl groups is 1. The Balaban J connectivity index is 2.12. The molecule has 0 saturated carbocycles. The summed E-state index contributed by atoms with van der Waals surface area (Å²) >= 11 is 4.37. The first-order chi connectivity index (χ1) is 14.7. The maximum Gasteiger partial charge on any atom is 0.326 e. The molecule has 1 unspecified atom stereocenters. The largest absolute Gasteiger partial charge is 0.508 e. The van der Waals surface area contributed by atoms with Gasteiger partial charge in [0.25, 0.3) is 0 Å². The normalized spacial score (nSPS) is 14.7. The van der Waals surface area contributed by atoms with Crippen molar-refractivity contribution in [2.75, 3.05) is 0 Å². The van der Waals surface area contributed by atoms with Crippen LogP contribution in [0.2, 0.25) is 0 Å². The molecule has 2 amide bonds. The van der Waals surface area contributed by atoms with Gasteiger partial charge in [-0.1, -0.05) is 62.7 Å². The summed E-state index contributed by atoms with van der Waals surface area (Å²) in [4.78, 5) is 37.4. The molecular formula is C23H28N2O5S. The molecule has 166 valence electrons. The van der Waals surface area contributed by atoms with Crippen molar-refractivity contribution in [3.8, 4) is 5.75 Å². The minimum absolute atomic E-state index is 0.0434. The number of aliphatic carboxylic acids is 1. The van der Waals surface area contributed by atoms with Crippen LogP contribution in [0.3, 0.4) is 0 Å². The number of hydrogen-bond acceptors (Lipinski definition) is 5. The van der Waals surface area contributed by atoms with E-state index >= 15 is 0 Å². The zero-order valence-electron chi connectivity index (χ0n) is 17.5. The van der Waals surface area contributed by atoms with Crippen LogP contribution in [0.1, 0.15) is 36.6 Å². The molecule has 0 spiro atoms. The Bertz CT molecular complexity index is 889. The van der Waals surface area contributed by atoms with E-state index in [1.54, 1.807) is 36.4 Å². The van der Waals surface area contributed by atoms with Crippen LogP contribution < -0.4 is 10.6 Å². The van der Waals surface area contributed by atoms with Gasteiger partial charge in [0.05, 0.1) is 0 Å². The first-order valence-corrected chi connectivity index (χ1v) is 10.6. The molecule has 0 aliphatic rings. The molecule has 4 N–H and O–H groups in total. The van der Waals surface area contributed by atoms with Gasteiger partial charge in [-0.3, -0.25) is 9.59 Å². The molecule has 0 aromatic heterocycles. The monoisotopic (exact) mass is 444 g/mol. The predicted octanol–water partition coefficient (Wildman–Crippen LogP) is 2.71. The molecule has 2 aromatic carbocycles. The highest BCUT2D eigenvalue weighted by Crippen LogP contribution is 2.21. The van der Waals surface area contributed by atoms with Crippen molar-refractivity contribution in [1.29, 1.82) is 0 Å². The van der Waals surface area contributed by atoms with Crippen molar-refractivity contribution in [2.45, 2.75) is 44.0 Å². The third-order valence-electron chi connectivity index (χ3n) is 5.15. The molecule has 2 rings (SSSR count). The molecule has 0 heterocycles. The minimum atomic E-state index is -1.19. The summed E-state index contributed by atoms with van der Waals surface area (Å²) in [6.45, 7) is 3.70. The number of phenolic OH excluding ortho intramolecular Hbond substituents is 1. The topological polar surface area (TPSA) is 116 Å². The second-order valence-corrected chi connectivity index (χ2v) is 7.97. The third-order valence-corrected chi connectivity index (χ3v) is 5.68. The van der Waals surface area contributed by atoms with E-state index < -0.39 is 35.1 Å². The molecule has 0 radical (unpaired) electrons. The molecule has 8 heteroatoms. The first-order valence-electron chi connectivity index (χ1n) is 10.1. The molecule has 2 aromatic rings. The molecular weight excluding hydrogens is 416 g/mol. The van der Waals surface area contributed by atoms with E-state index in [9.17, 15) is 24.6 Å². The third kappa shape index (κ3) is 7.03. The van der Waals surface area contributed by atoms with E-state index in [2.05, 4.69) is 23.3 Å². The highest BCUT2D eigenvalue weighted by Gasteiger charge is 2.31. The number of benzene rings is 2. The average Bonchev–Trinajstić information content (AvgIpc) is 2.77. The average molecular weight is 445 g/mol. The molecule has 0 aliphatic carbocycles. The number of thiol groups is 1. The molecule has 0 bridgehead atoms. The summed E-state index contributed by atoms with van der Waals surface area (Å²) in [5.74, 6) is -2.34. The van der Waals surface area contributed by atoms with Crippen molar-refractivity contribution < 1.29 is 24.6 Å². The lowest BCUT2D eigenvalue weighted by molar-refractivity contribution is -0.142. The van der Waals surface area contributed by atoms with Crippen molar-refractivity contribution >= 4 is 30.4 Å². The van der Waals surface area contributed by atoms with Gasteiger partial charge in [-0.25, -0.2) is 4.79 Å². The number of carboxylic acids is 1. The zero-order valence-corrected chi connectivity index (χ0v) is 18.4. The van der Waals surface area contributed by atoms with Crippen LogP contribution in [0.25, 0.3) is 0 Å². The van der Waals surface area contributed by atoms with E-state index in [0.29, 0.717) is 17.5 Å². The van der Waals surface area contributed by atoms with Gasteiger partial charge in [0.15, 0.2) is 0 Å². The molecule has 0 fully saturated rings. The Kier molecular flexibility index (Phi) is 8.93. The summed E-state index contributed by atoms with van der Waals surface area (Å²) in [5, 5.41) is 23.5. The van der Waals surface area contributed by atoms with Crippen LogP contribution in [0, 0.1) is 5.92 Å². The van der Waals surface area contributed by atoms with E-state index in [0.717, 1.165) is 0 Å². The van der Waals surface area contributed by atoms with Gasteiger partial charge in [0, 0.05) is 6.42 Å². The summed E-state index contributed by atoms with van der Waals surface area (Å²) in [7, 11) is 0. The second kappa shape index (κ2) is 11.4. The van der Waals surface area contributed by atoms with Crippen LogP contribution in [-0.2, 0) is 20.8 Å². The fourth-order valence-corrected chi connectivity index (χ4v) is 3.30. The van der Waals surface area contributed by atoms with Crippen molar-refractivity contribution in [3.63, 3.8) is 0 Å². The van der Waals surface area contributed by atoms with Crippen molar-refractivity contribution in [2.24, 2.45) is 5.92 Å². The Labute approximate surface area is 187 Å². The van der Waals surface area contributed by atoms with Crippen LogP contribution in [0.5, 0.6) is 5.75 Å². The number of phenols is 1. The number of amides is 2. The SMILES string of the molecule is CC[C@H](C)[C@H](NC(=O)C(S)c1ccccc1)C(=O)N[C@@H](Cc1ccc(O)cc1)C(=O)O. The standard InChI is InChI=1S/C23H28N2O5S/c1-3-14(2)19(25-22(28)20(31)16-7-5-4-6-8-16)21(27)24-18(23(29)30)13-15-9-11-17(26)12-10-15/h4-12,14,18-20,26,31H,3,13H2,1-2H3,(H,24,27)(H,25,28)(H,29,30)/t14-,18-,19-,20?/m0/s1. The fourth-order valence-electron chi connectivity index (χ4n) is 3.05. The summed E-state index contributed by atoms with van der Waals surface area (Å²) in [6.07, 6.45) is 0.651. The maximum atomic E-state index is 12.9. The first kappa shape index (κ1) is 24.3. The number of carbonyl (C=O) groups is 3. The van der Waals surface area contributed by atoms with Gasteiger partial charge < -0.3 is 20.8 Å². The van der Waals surface area contributed by atoms with Crippen molar-refractivity contribution in [1.82, 2.24) is 10.6 Å². The Hall–Kier alpha value is -3.00. The molecule has 0 saturated heterocycles. The Morgan fingerprint density at radius 2 is 1.58 bits per heavy atom. The van der Waals surface area contributed by atoms with Gasteiger partial charge in [-0.05, 0) is 29.2 Å². The summed E-state index contributed by atoms with van der Waals surface area (Å²) in [5.41, 5.74) is 1.34. The Morgan fingerprint density at radius 3 is 2.13 bits per heavy atom. The van der Waals surface area contributed by atoms with Crippen molar-refractivity contribution in [3.05, 3.63) is 65.7 Å². The molecule has 0 aliphatic heterocycles. The van der Waals surface area contributed by atoms with E-state index in [-0.39, 0.29) is 18.1 Å². The lowest BCUT2D eigenvalue weighted by Crippen LogP contribution is -2.55. The lowest BCUT2D eigenvalue weighted by Gasteiger charge is -2.26. The quantitative estimate of drug-likeness (QED) is 0.362. The predicted molar refractivity (Wildman–Crippen MR) is 121 cm³/mol. The van der Waals surface area contributed by atoms with Gasteiger partial charge >= 0.3 is 5.97 Å². The molecule has 4 atom stereocenters. The molecule has 7 nitrogen and oxygen atoms in total. The summed E-state index contributed by atoms with van der Waals surface area (Å²) in [6, 6.07) is 13.0. The maximum absolute atomic E-state index is 12.9. The highest BCUT2D eigenvalue weighted by atomic mass is 32.1. The van der Waals surface area contributed by atoms with Gasteiger partial charge in [-0.2, -0.15) is 12.6 Å². The van der Waals surface area contributed by atoms with Crippen LogP contribution in [0.4, 0.5) is 0 Å². The van der Waals surface area contributed by atoms with E-state index in [1.807, 2.05) is 19.9 Å². The smallest absolute Gasteiger partial charge is 0.326 e. The van der Waals surface area contributed by atoms with Crippen LogP contribution in [-0.4, -0.2) is 40.1 Å². The Morgan fingerprint density at radius 1 is 0.968 bits per heavy atom. The summed E-state index contributed by atoms with van der Waals surface area (Å²) < 4.78 is 0. The van der Waals surface area contributed by atoms with Crippen LogP contribution >= 0.6 is 12.6 Å². The van der Waals surface area contributed by atoms with Gasteiger partial charge in [0.2, 0.25) is 11.8 Å². The highest BCUT2D eigenvalue weighted by molar-refractivity contribution is 7.81. The molecule has 31 heavy (non-hydrogen) atoms. The van der Waals surface area contributed by atoms with Crippen LogP contribution in [0.15, 0.2) is 54.6 Å². The number of nitrogens with one attached hydrogen (secondary N) is 2. The number of hydrogen-bond donors (Lipinski definition) is 5. The van der Waals surface area contributed by atoms with E-state index in [1.165, 1.54) is 12.1 Å². The van der Waals surface area contributed by atoms with E-state index in [4.69, 9.17) is 0 Å². The van der Waals surface area contributed by atoms with Gasteiger partial charge in [0.1, 0.15) is 23.1 Å². The minimum Gasteiger partial charge on any atom is -0.508 e. The second-order valence-electron chi connectivity index (χ2n) is 7.45. The zero-order chi connectivity index (χ0) is 23.0. The number of carboxylic acid groups (broad SMARTS) is 1. The van der Waals surface area contributed by atoms with Gasteiger partial charge in [-0.15, -0.1) is 0 Å². The number of rotatable bonds is 10. The lowest BCUT2D eigenvalue weighted by atomic mass is 9.97. The number of carbonyl (C=O) groups excluding carboxylic acids is 2. The fraction of sp³-hybridized carbons (Fsp3) is 0.348.